The van der Waals surface area contributed by atoms with Crippen molar-refractivity contribution in [2.45, 2.75) is 31.8 Å². The van der Waals surface area contributed by atoms with Crippen molar-refractivity contribution in [1.82, 2.24) is 4.98 Å². The number of rotatable bonds is 0. The summed E-state index contributed by atoms with van der Waals surface area (Å²) in [5.41, 5.74) is 4.28. The van der Waals surface area contributed by atoms with Gasteiger partial charge in [0.1, 0.15) is 6.10 Å². The highest BCUT2D eigenvalue weighted by Crippen LogP contribution is 2.39. The largest absolute Gasteiger partial charge is 0.382 e. The fourth-order valence-electron chi connectivity index (χ4n) is 2.66. The molecule has 0 amide bonds. The Morgan fingerprint density at radius 2 is 2.12 bits per heavy atom. The van der Waals surface area contributed by atoms with Crippen LogP contribution in [0.25, 0.3) is 0 Å². The highest BCUT2D eigenvalue weighted by atomic mass is 35.5. The first-order valence-electron chi connectivity index (χ1n) is 5.95. The molecule has 3 heteroatoms. The van der Waals surface area contributed by atoms with Crippen LogP contribution < -0.4 is 0 Å². The molecular weight excluding hydrogens is 234 g/mol. The molecule has 88 valence electrons. The summed E-state index contributed by atoms with van der Waals surface area (Å²) in [6.07, 6.45) is 6.78. The third-order valence-corrected chi connectivity index (χ3v) is 3.85. The van der Waals surface area contributed by atoms with E-state index in [1.54, 1.807) is 6.20 Å². The van der Waals surface area contributed by atoms with Gasteiger partial charge >= 0.3 is 0 Å². The molecule has 0 radical (unpaired) electrons. The SMILES string of the molecule is OC1C2=C(C=C(Cl)CC2)CCc2cccnc21. The molecule has 1 aromatic rings. The quantitative estimate of drug-likeness (QED) is 0.763. The number of nitrogens with zero attached hydrogens (tertiary/aromatic N) is 1. The fourth-order valence-corrected chi connectivity index (χ4v) is 2.88. The van der Waals surface area contributed by atoms with Crippen LogP contribution >= 0.6 is 11.6 Å². The van der Waals surface area contributed by atoms with Gasteiger partial charge in [0, 0.05) is 11.2 Å². The van der Waals surface area contributed by atoms with E-state index < -0.39 is 6.10 Å². The lowest BCUT2D eigenvalue weighted by atomic mass is 9.92. The number of aliphatic hydroxyl groups excluding tert-OH is 1. The molecule has 2 aliphatic carbocycles. The minimum Gasteiger partial charge on any atom is -0.382 e. The summed E-state index contributed by atoms with van der Waals surface area (Å²) in [5.74, 6) is 0. The minimum absolute atomic E-state index is 0.551. The van der Waals surface area contributed by atoms with E-state index in [1.165, 1.54) is 5.57 Å². The van der Waals surface area contributed by atoms with Crippen molar-refractivity contribution in [2.24, 2.45) is 0 Å². The van der Waals surface area contributed by atoms with Crippen LogP contribution in [0.2, 0.25) is 0 Å². The second kappa shape index (κ2) is 4.28. The van der Waals surface area contributed by atoms with Gasteiger partial charge in [-0.2, -0.15) is 0 Å². The summed E-state index contributed by atoms with van der Waals surface area (Å²) in [4.78, 5) is 4.33. The van der Waals surface area contributed by atoms with Crippen LogP contribution in [0.4, 0.5) is 0 Å². The normalized spacial score (nSPS) is 23.6. The Morgan fingerprint density at radius 3 is 3.00 bits per heavy atom. The summed E-state index contributed by atoms with van der Waals surface area (Å²) < 4.78 is 0. The van der Waals surface area contributed by atoms with E-state index in [1.807, 2.05) is 12.1 Å². The van der Waals surface area contributed by atoms with Crippen LogP contribution in [0.15, 0.2) is 40.6 Å². The number of aryl methyl sites for hydroxylation is 1. The first kappa shape index (κ1) is 11.0. The molecule has 0 saturated heterocycles. The molecule has 0 saturated carbocycles. The van der Waals surface area contributed by atoms with Gasteiger partial charge in [-0.25, -0.2) is 0 Å². The lowest BCUT2D eigenvalue weighted by Crippen LogP contribution is -2.08. The summed E-state index contributed by atoms with van der Waals surface area (Å²) in [7, 11) is 0. The van der Waals surface area contributed by atoms with Gasteiger partial charge in [0.25, 0.3) is 0 Å². The summed E-state index contributed by atoms with van der Waals surface area (Å²) in [6.45, 7) is 0. The molecule has 1 N–H and O–H groups in total. The van der Waals surface area contributed by atoms with Crippen molar-refractivity contribution in [2.75, 3.05) is 0 Å². The third-order valence-electron chi connectivity index (χ3n) is 3.56. The average molecular weight is 248 g/mol. The zero-order valence-electron chi connectivity index (χ0n) is 9.49. The molecule has 0 bridgehead atoms. The van der Waals surface area contributed by atoms with E-state index in [4.69, 9.17) is 11.6 Å². The molecule has 1 aromatic heterocycles. The maximum atomic E-state index is 10.4. The van der Waals surface area contributed by atoms with Crippen molar-refractivity contribution in [1.29, 1.82) is 0 Å². The first-order chi connectivity index (χ1) is 8.25. The smallest absolute Gasteiger partial charge is 0.118 e. The Morgan fingerprint density at radius 1 is 1.24 bits per heavy atom. The second-order valence-corrected chi connectivity index (χ2v) is 5.08. The molecule has 3 rings (SSSR count). The van der Waals surface area contributed by atoms with Crippen LogP contribution in [0, 0.1) is 0 Å². The Kier molecular flexibility index (Phi) is 2.77. The second-order valence-electron chi connectivity index (χ2n) is 4.59. The lowest BCUT2D eigenvalue weighted by molar-refractivity contribution is 0.205. The molecule has 0 aromatic carbocycles. The van der Waals surface area contributed by atoms with E-state index in [2.05, 4.69) is 11.1 Å². The van der Waals surface area contributed by atoms with E-state index in [0.29, 0.717) is 0 Å². The number of aliphatic hydroxyl groups is 1. The fraction of sp³-hybridized carbons (Fsp3) is 0.357. The van der Waals surface area contributed by atoms with Crippen molar-refractivity contribution in [3.05, 3.63) is 51.8 Å². The monoisotopic (exact) mass is 247 g/mol. The zero-order valence-corrected chi connectivity index (χ0v) is 10.2. The minimum atomic E-state index is -0.551. The number of allylic oxidation sites excluding steroid dienone is 3. The molecular formula is C14H14ClNO. The van der Waals surface area contributed by atoms with Crippen LogP contribution in [0.3, 0.4) is 0 Å². The molecule has 2 nitrogen and oxygen atoms in total. The van der Waals surface area contributed by atoms with Crippen LogP contribution in [0.1, 0.15) is 36.6 Å². The highest BCUT2D eigenvalue weighted by Gasteiger charge is 2.26. The van der Waals surface area contributed by atoms with E-state index in [-0.39, 0.29) is 0 Å². The number of fused-ring (bicyclic) bond motifs is 1. The van der Waals surface area contributed by atoms with Gasteiger partial charge in [-0.1, -0.05) is 17.7 Å². The number of aromatic nitrogens is 1. The highest BCUT2D eigenvalue weighted by molar-refractivity contribution is 6.29. The van der Waals surface area contributed by atoms with E-state index in [9.17, 15) is 5.11 Å². The van der Waals surface area contributed by atoms with Gasteiger partial charge in [0.2, 0.25) is 0 Å². The predicted molar refractivity (Wildman–Crippen MR) is 67.7 cm³/mol. The van der Waals surface area contributed by atoms with Crippen LogP contribution in [-0.4, -0.2) is 10.1 Å². The maximum absolute atomic E-state index is 10.4. The Balaban J connectivity index is 2.08. The van der Waals surface area contributed by atoms with Crippen LogP contribution in [0.5, 0.6) is 0 Å². The van der Waals surface area contributed by atoms with Gasteiger partial charge < -0.3 is 5.11 Å². The zero-order chi connectivity index (χ0) is 11.8. The molecule has 1 heterocycles. The van der Waals surface area contributed by atoms with Crippen molar-refractivity contribution < 1.29 is 5.11 Å². The predicted octanol–water partition coefficient (Wildman–Crippen LogP) is 3.27. The average Bonchev–Trinajstić information content (AvgIpc) is 2.48. The number of pyridine rings is 1. The number of halogens is 1. The molecule has 0 spiro atoms. The maximum Gasteiger partial charge on any atom is 0.118 e. The molecule has 0 fully saturated rings. The summed E-state index contributed by atoms with van der Waals surface area (Å²) in [5, 5.41) is 11.3. The van der Waals surface area contributed by atoms with E-state index >= 15 is 0 Å². The van der Waals surface area contributed by atoms with Gasteiger partial charge in [-0.15, -0.1) is 0 Å². The van der Waals surface area contributed by atoms with Crippen molar-refractivity contribution >= 4 is 11.6 Å². The number of hydrogen-bond donors (Lipinski definition) is 1. The standard InChI is InChI=1S/C14H14ClNO/c15-11-5-6-12-10(8-11)4-3-9-2-1-7-16-13(9)14(12)17/h1-2,7-8,14,17H,3-6H2. The van der Waals surface area contributed by atoms with Gasteiger partial charge in [0.15, 0.2) is 0 Å². The molecule has 1 unspecified atom stereocenters. The number of hydrogen-bond acceptors (Lipinski definition) is 2. The van der Waals surface area contributed by atoms with Gasteiger partial charge in [-0.3, -0.25) is 4.98 Å². The summed E-state index contributed by atoms with van der Waals surface area (Å²) in [6, 6.07) is 3.98. The first-order valence-corrected chi connectivity index (χ1v) is 6.33. The molecule has 2 aliphatic rings. The molecule has 17 heavy (non-hydrogen) atoms. The Labute approximate surface area is 106 Å². The lowest BCUT2D eigenvalue weighted by Gasteiger charge is -2.20. The van der Waals surface area contributed by atoms with Crippen LogP contribution in [-0.2, 0) is 6.42 Å². The summed E-state index contributed by atoms with van der Waals surface area (Å²) >= 11 is 6.08. The van der Waals surface area contributed by atoms with Crippen molar-refractivity contribution in [3.63, 3.8) is 0 Å². The topological polar surface area (TPSA) is 33.1 Å². The Hall–Kier alpha value is -1.12. The van der Waals surface area contributed by atoms with Crippen molar-refractivity contribution in [3.8, 4) is 0 Å². The van der Waals surface area contributed by atoms with E-state index in [0.717, 1.165) is 47.5 Å². The Bertz CT molecular complexity index is 519. The molecule has 1 atom stereocenters. The van der Waals surface area contributed by atoms with Gasteiger partial charge in [-0.05, 0) is 54.5 Å². The van der Waals surface area contributed by atoms with Gasteiger partial charge in [0.05, 0.1) is 5.69 Å². The molecule has 0 aliphatic heterocycles. The third kappa shape index (κ3) is 1.92.